The molecule has 1 unspecified atom stereocenters. The van der Waals surface area contributed by atoms with Crippen LogP contribution in [0, 0.1) is 0 Å². The lowest BCUT2D eigenvalue weighted by atomic mass is 10.2. The van der Waals surface area contributed by atoms with E-state index < -0.39 is 16.1 Å². The second kappa shape index (κ2) is 4.94. The molecule has 0 aliphatic heterocycles. The summed E-state index contributed by atoms with van der Waals surface area (Å²) in [5.41, 5.74) is 0.434. The Balaban J connectivity index is 2.12. The summed E-state index contributed by atoms with van der Waals surface area (Å²) < 4.78 is 30.9. The average Bonchev–Trinajstić information content (AvgIpc) is 3.04. The van der Waals surface area contributed by atoms with Gasteiger partial charge in [0.1, 0.15) is 0 Å². The van der Waals surface area contributed by atoms with Crippen LogP contribution >= 0.6 is 11.3 Å². The Morgan fingerprint density at radius 2 is 2.28 bits per heavy atom. The number of ether oxygens (including phenoxy) is 1. The number of carbonyl (C=O) groups is 1. The van der Waals surface area contributed by atoms with Gasteiger partial charge in [0, 0.05) is 12.5 Å². The number of rotatable bonds is 6. The molecule has 1 N–H and O–H groups in total. The maximum atomic E-state index is 11.7. The Kier molecular flexibility index (Phi) is 3.69. The lowest BCUT2D eigenvalue weighted by molar-refractivity contribution is -0.127. The molecule has 1 atom stereocenters. The molecule has 1 fully saturated rings. The minimum atomic E-state index is -3.31. The van der Waals surface area contributed by atoms with E-state index in [4.69, 9.17) is 4.74 Å². The standard InChI is InChI=1S/C10H14N2O4S2/c1-6(13)9(16-2)8-5-17-10(11-8)12-18(14,15)7-3-4-7/h5,7,9H,3-4H2,1-2H3,(H,11,12). The minimum Gasteiger partial charge on any atom is -0.367 e. The number of nitrogens with zero attached hydrogens (tertiary/aromatic N) is 1. The molecule has 1 aromatic heterocycles. The first kappa shape index (κ1) is 13.4. The highest BCUT2D eigenvalue weighted by molar-refractivity contribution is 7.93. The predicted octanol–water partition coefficient (Wildman–Crippen LogP) is 1.32. The Labute approximate surface area is 109 Å². The maximum Gasteiger partial charge on any atom is 0.237 e. The quantitative estimate of drug-likeness (QED) is 0.854. The molecule has 18 heavy (non-hydrogen) atoms. The number of methoxy groups -OCH3 is 1. The van der Waals surface area contributed by atoms with Gasteiger partial charge in [-0.05, 0) is 19.8 Å². The van der Waals surface area contributed by atoms with E-state index in [2.05, 4.69) is 9.71 Å². The molecule has 2 rings (SSSR count). The van der Waals surface area contributed by atoms with Crippen molar-refractivity contribution in [2.45, 2.75) is 31.1 Å². The summed E-state index contributed by atoms with van der Waals surface area (Å²) in [5, 5.41) is 1.61. The molecular formula is C10H14N2O4S2. The number of hydrogen-bond acceptors (Lipinski definition) is 6. The fourth-order valence-electron chi connectivity index (χ4n) is 1.53. The first-order valence-electron chi connectivity index (χ1n) is 5.44. The Morgan fingerprint density at radius 1 is 1.61 bits per heavy atom. The zero-order chi connectivity index (χ0) is 13.3. The summed E-state index contributed by atoms with van der Waals surface area (Å²) in [6.45, 7) is 1.40. The Morgan fingerprint density at radius 3 is 2.78 bits per heavy atom. The largest absolute Gasteiger partial charge is 0.367 e. The van der Waals surface area contributed by atoms with Crippen LogP contribution in [0.1, 0.15) is 31.6 Å². The Bertz CT molecular complexity index is 548. The van der Waals surface area contributed by atoms with Crippen molar-refractivity contribution in [1.82, 2.24) is 4.98 Å². The van der Waals surface area contributed by atoms with Crippen LogP contribution in [-0.4, -0.2) is 31.5 Å². The summed E-state index contributed by atoms with van der Waals surface area (Å²) in [7, 11) is -1.89. The lowest BCUT2D eigenvalue weighted by Gasteiger charge is -2.08. The van der Waals surface area contributed by atoms with Crippen molar-refractivity contribution >= 4 is 32.3 Å². The highest BCUT2D eigenvalue weighted by atomic mass is 32.2. The van der Waals surface area contributed by atoms with Gasteiger partial charge in [0.05, 0.1) is 10.9 Å². The summed E-state index contributed by atoms with van der Waals surface area (Å²) in [6, 6.07) is 0. The van der Waals surface area contributed by atoms with Gasteiger partial charge in [-0.3, -0.25) is 9.52 Å². The number of anilines is 1. The van der Waals surface area contributed by atoms with Gasteiger partial charge in [-0.1, -0.05) is 0 Å². The molecule has 0 saturated heterocycles. The fourth-order valence-corrected chi connectivity index (χ4v) is 3.85. The molecule has 1 heterocycles. The molecule has 0 radical (unpaired) electrons. The minimum absolute atomic E-state index is 0.167. The molecule has 0 amide bonds. The van der Waals surface area contributed by atoms with Crippen molar-refractivity contribution in [2.75, 3.05) is 11.8 Å². The van der Waals surface area contributed by atoms with Gasteiger partial charge in [0.2, 0.25) is 10.0 Å². The van der Waals surface area contributed by atoms with Crippen LogP contribution in [-0.2, 0) is 19.6 Å². The van der Waals surface area contributed by atoms with Gasteiger partial charge in [-0.15, -0.1) is 11.3 Å². The zero-order valence-corrected chi connectivity index (χ0v) is 11.7. The number of aromatic nitrogens is 1. The average molecular weight is 290 g/mol. The van der Waals surface area contributed by atoms with Gasteiger partial charge in [0.25, 0.3) is 0 Å². The predicted molar refractivity (Wildman–Crippen MR) is 68.1 cm³/mol. The van der Waals surface area contributed by atoms with Crippen LogP contribution in [0.15, 0.2) is 5.38 Å². The number of carbonyl (C=O) groups excluding carboxylic acids is 1. The van der Waals surface area contributed by atoms with Gasteiger partial charge in [-0.2, -0.15) is 0 Å². The highest BCUT2D eigenvalue weighted by Gasteiger charge is 2.36. The van der Waals surface area contributed by atoms with E-state index in [-0.39, 0.29) is 16.2 Å². The molecule has 1 aliphatic carbocycles. The van der Waals surface area contributed by atoms with Crippen molar-refractivity contribution in [3.63, 3.8) is 0 Å². The number of nitrogens with one attached hydrogen (secondary N) is 1. The fraction of sp³-hybridized carbons (Fsp3) is 0.600. The first-order valence-corrected chi connectivity index (χ1v) is 7.87. The van der Waals surface area contributed by atoms with E-state index in [1.54, 1.807) is 5.38 Å². The van der Waals surface area contributed by atoms with Crippen molar-refractivity contribution in [3.8, 4) is 0 Å². The summed E-state index contributed by atoms with van der Waals surface area (Å²) in [5.74, 6) is -0.167. The molecule has 6 nitrogen and oxygen atoms in total. The SMILES string of the molecule is COC(C(C)=O)c1csc(NS(=O)(=O)C2CC2)n1. The zero-order valence-electron chi connectivity index (χ0n) is 10.0. The maximum absolute atomic E-state index is 11.7. The van der Waals surface area contributed by atoms with Crippen molar-refractivity contribution < 1.29 is 17.9 Å². The van der Waals surface area contributed by atoms with E-state index in [0.29, 0.717) is 18.5 Å². The molecule has 0 aromatic carbocycles. The lowest BCUT2D eigenvalue weighted by Crippen LogP contribution is -2.17. The van der Waals surface area contributed by atoms with E-state index >= 15 is 0 Å². The molecule has 1 aromatic rings. The molecule has 0 spiro atoms. The van der Waals surface area contributed by atoms with Crippen LogP contribution < -0.4 is 4.72 Å². The van der Waals surface area contributed by atoms with Gasteiger partial charge < -0.3 is 4.74 Å². The number of sulfonamides is 1. The summed E-state index contributed by atoms with van der Waals surface area (Å²) in [6.07, 6.45) is 0.657. The number of thiazole rings is 1. The van der Waals surface area contributed by atoms with Crippen LogP contribution in [0.5, 0.6) is 0 Å². The van der Waals surface area contributed by atoms with Crippen LogP contribution in [0.25, 0.3) is 0 Å². The monoisotopic (exact) mass is 290 g/mol. The van der Waals surface area contributed by atoms with Gasteiger partial charge in [0.15, 0.2) is 17.0 Å². The third-order valence-electron chi connectivity index (χ3n) is 2.59. The number of ketones is 1. The first-order chi connectivity index (χ1) is 8.44. The third kappa shape index (κ3) is 2.88. The normalized spacial score (nSPS) is 17.4. The molecule has 0 bridgehead atoms. The number of Topliss-reactive ketones (excluding diaryl/α,β-unsaturated/α-hetero) is 1. The van der Waals surface area contributed by atoms with Crippen LogP contribution in [0.2, 0.25) is 0 Å². The highest BCUT2D eigenvalue weighted by Crippen LogP contribution is 2.31. The van der Waals surface area contributed by atoms with E-state index in [9.17, 15) is 13.2 Å². The van der Waals surface area contributed by atoms with Crippen LogP contribution in [0.3, 0.4) is 0 Å². The summed E-state index contributed by atoms with van der Waals surface area (Å²) >= 11 is 1.15. The van der Waals surface area contributed by atoms with E-state index in [0.717, 1.165) is 11.3 Å². The van der Waals surface area contributed by atoms with Crippen molar-refractivity contribution in [1.29, 1.82) is 0 Å². The van der Waals surface area contributed by atoms with Crippen molar-refractivity contribution in [2.24, 2.45) is 0 Å². The topological polar surface area (TPSA) is 85.4 Å². The molecular weight excluding hydrogens is 276 g/mol. The molecule has 8 heteroatoms. The molecule has 1 aliphatic rings. The number of hydrogen-bond donors (Lipinski definition) is 1. The van der Waals surface area contributed by atoms with Crippen molar-refractivity contribution in [3.05, 3.63) is 11.1 Å². The van der Waals surface area contributed by atoms with E-state index in [1.165, 1.54) is 14.0 Å². The molecule has 1 saturated carbocycles. The van der Waals surface area contributed by atoms with Gasteiger partial charge in [-0.25, -0.2) is 13.4 Å². The Hall–Kier alpha value is -0.990. The second-order valence-electron chi connectivity index (χ2n) is 4.15. The second-order valence-corrected chi connectivity index (χ2v) is 6.97. The smallest absolute Gasteiger partial charge is 0.237 e. The third-order valence-corrected chi connectivity index (χ3v) is 5.32. The van der Waals surface area contributed by atoms with Gasteiger partial charge >= 0.3 is 0 Å². The van der Waals surface area contributed by atoms with Crippen LogP contribution in [0.4, 0.5) is 5.13 Å². The summed E-state index contributed by atoms with van der Waals surface area (Å²) in [4.78, 5) is 15.4. The molecule has 100 valence electrons. The van der Waals surface area contributed by atoms with E-state index in [1.807, 2.05) is 0 Å².